The number of hydrogen-bond donors (Lipinski definition) is 4. The Balaban J connectivity index is 1.48. The number of phenols is 1. The molecule has 0 unspecified atom stereocenters. The Kier molecular flexibility index (Phi) is 8.77. The number of aliphatic imine (C=N–C) groups is 1. The molecule has 3 heterocycles. The van der Waals surface area contributed by atoms with Gasteiger partial charge in [0.1, 0.15) is 29.1 Å². The summed E-state index contributed by atoms with van der Waals surface area (Å²) in [7, 11) is 1.90. The van der Waals surface area contributed by atoms with Crippen molar-refractivity contribution in [3.8, 4) is 34.8 Å². The number of carbonyl (C=O) groups is 1. The zero-order valence-corrected chi connectivity index (χ0v) is 25.0. The normalized spacial score (nSPS) is 15.9. The van der Waals surface area contributed by atoms with Crippen LogP contribution < -0.4 is 19.9 Å². The Labute approximate surface area is 258 Å². The van der Waals surface area contributed by atoms with Gasteiger partial charge >= 0.3 is 5.97 Å². The van der Waals surface area contributed by atoms with E-state index in [1.165, 1.54) is 18.2 Å². The molecule has 45 heavy (non-hydrogen) atoms. The van der Waals surface area contributed by atoms with Crippen molar-refractivity contribution in [2.24, 2.45) is 10.7 Å². The molecule has 2 aliphatic heterocycles. The second-order valence-corrected chi connectivity index (χ2v) is 11.3. The number of halogens is 2. The van der Waals surface area contributed by atoms with Gasteiger partial charge in [-0.1, -0.05) is 12.1 Å². The predicted molar refractivity (Wildman–Crippen MR) is 161 cm³/mol. The molecule has 1 fully saturated rings. The molecule has 0 spiro atoms. The number of nitrogens with one attached hydrogen (secondary N) is 1. The van der Waals surface area contributed by atoms with Gasteiger partial charge in [0, 0.05) is 37.8 Å². The standard InChI is InChI=1S/C31H34F2N6O6/c1-31(2,30(41)42)39-12-9-19(10-13-39)43-25-23(32)28(44-20-6-4-5-18(15-20)27-36-11-14-38(27)3)37-29(24(25)33)45-22-16-17(26(34)35)7-8-21(22)40/h4-8,15-16,19,40H,9-14H2,1-3H3,(H3,34,35)(H,41,42). The van der Waals surface area contributed by atoms with Crippen LogP contribution in [0.4, 0.5) is 8.78 Å². The number of aromatic nitrogens is 1. The summed E-state index contributed by atoms with van der Waals surface area (Å²) in [5, 5.41) is 27.6. The van der Waals surface area contributed by atoms with Gasteiger partial charge in [0.25, 0.3) is 11.8 Å². The molecular weight excluding hydrogens is 590 g/mol. The third-order valence-corrected chi connectivity index (χ3v) is 7.86. The molecule has 12 nitrogen and oxygen atoms in total. The Morgan fingerprint density at radius 3 is 2.38 bits per heavy atom. The second-order valence-electron chi connectivity index (χ2n) is 11.3. The number of amidine groups is 2. The number of nitrogens with two attached hydrogens (primary N) is 1. The molecule has 0 atom stereocenters. The van der Waals surface area contributed by atoms with Crippen molar-refractivity contribution in [3.05, 3.63) is 65.2 Å². The Morgan fingerprint density at radius 2 is 1.76 bits per heavy atom. The van der Waals surface area contributed by atoms with E-state index >= 15 is 8.78 Å². The molecule has 14 heteroatoms. The molecule has 5 rings (SSSR count). The minimum atomic E-state index is -1.28. The number of carboxylic acids is 1. The monoisotopic (exact) mass is 624 g/mol. The highest BCUT2D eigenvalue weighted by atomic mass is 19.1. The number of nitrogen functional groups attached to an aromatic ring is 1. The number of benzene rings is 2. The van der Waals surface area contributed by atoms with Crippen LogP contribution in [-0.4, -0.2) is 87.5 Å². The molecule has 0 aliphatic carbocycles. The number of ether oxygens (including phenoxy) is 3. The molecule has 238 valence electrons. The van der Waals surface area contributed by atoms with Crippen LogP contribution in [0, 0.1) is 17.0 Å². The Morgan fingerprint density at radius 1 is 1.07 bits per heavy atom. The fourth-order valence-electron chi connectivity index (χ4n) is 5.08. The van der Waals surface area contributed by atoms with Crippen molar-refractivity contribution >= 4 is 17.6 Å². The number of pyridine rings is 1. The third kappa shape index (κ3) is 6.60. The van der Waals surface area contributed by atoms with E-state index in [0.29, 0.717) is 32.5 Å². The van der Waals surface area contributed by atoms with Gasteiger partial charge in [0.15, 0.2) is 11.5 Å². The maximum Gasteiger partial charge on any atom is 0.323 e. The molecule has 0 bridgehead atoms. The molecule has 0 saturated carbocycles. The van der Waals surface area contributed by atoms with E-state index in [1.807, 2.05) is 18.0 Å². The minimum absolute atomic E-state index is 0.186. The van der Waals surface area contributed by atoms with Gasteiger partial charge in [-0.3, -0.25) is 20.1 Å². The highest BCUT2D eigenvalue weighted by molar-refractivity contribution is 6.00. The number of rotatable bonds is 10. The molecule has 0 amide bonds. The number of aromatic hydroxyl groups is 1. The molecule has 2 aliphatic rings. The van der Waals surface area contributed by atoms with Gasteiger partial charge in [-0.15, -0.1) is 0 Å². The van der Waals surface area contributed by atoms with Crippen LogP contribution in [0.2, 0.25) is 0 Å². The van der Waals surface area contributed by atoms with Gasteiger partial charge in [-0.25, -0.2) is 0 Å². The quantitative estimate of drug-likeness (QED) is 0.188. The van der Waals surface area contributed by atoms with Crippen LogP contribution in [0.15, 0.2) is 47.5 Å². The van der Waals surface area contributed by atoms with Crippen molar-refractivity contribution in [1.82, 2.24) is 14.8 Å². The molecule has 5 N–H and O–H groups in total. The number of likely N-dealkylation sites (tertiary alicyclic amines) is 1. The summed E-state index contributed by atoms with van der Waals surface area (Å²) in [4.78, 5) is 23.9. The van der Waals surface area contributed by atoms with Gasteiger partial charge in [-0.2, -0.15) is 13.8 Å². The highest BCUT2D eigenvalue weighted by Gasteiger charge is 2.38. The lowest BCUT2D eigenvalue weighted by atomic mass is 9.97. The van der Waals surface area contributed by atoms with Crippen LogP contribution in [0.5, 0.6) is 34.8 Å². The maximum atomic E-state index is 16.0. The topological polar surface area (TPSA) is 167 Å². The van der Waals surface area contributed by atoms with Crippen LogP contribution in [0.25, 0.3) is 0 Å². The summed E-state index contributed by atoms with van der Waals surface area (Å²) in [6.07, 6.45) is -0.0704. The summed E-state index contributed by atoms with van der Waals surface area (Å²) < 4.78 is 49.1. The van der Waals surface area contributed by atoms with Gasteiger partial charge in [-0.05, 0) is 57.0 Å². The van der Waals surface area contributed by atoms with E-state index in [9.17, 15) is 15.0 Å². The van der Waals surface area contributed by atoms with Gasteiger partial charge in [0.05, 0.1) is 6.54 Å². The first-order chi connectivity index (χ1) is 21.3. The van der Waals surface area contributed by atoms with E-state index in [2.05, 4.69) is 9.98 Å². The van der Waals surface area contributed by atoms with Crippen molar-refractivity contribution < 1.29 is 38.0 Å². The lowest BCUT2D eigenvalue weighted by Crippen LogP contribution is -2.54. The SMILES string of the molecule is CN1CCN=C1c1cccc(Oc2nc(Oc3cc(C(=N)N)ccc3O)c(F)c(OC3CCN(C(C)(C)C(=O)O)CC3)c2F)c1. The highest BCUT2D eigenvalue weighted by Crippen LogP contribution is 2.40. The average Bonchev–Trinajstić information content (AvgIpc) is 3.44. The lowest BCUT2D eigenvalue weighted by Gasteiger charge is -2.40. The van der Waals surface area contributed by atoms with E-state index in [4.69, 9.17) is 25.4 Å². The minimum Gasteiger partial charge on any atom is -0.504 e. The largest absolute Gasteiger partial charge is 0.504 e. The van der Waals surface area contributed by atoms with Crippen LogP contribution >= 0.6 is 0 Å². The number of phenolic OH excluding ortho intramolecular Hbond substituents is 1. The van der Waals surface area contributed by atoms with Crippen LogP contribution in [-0.2, 0) is 4.79 Å². The first-order valence-electron chi connectivity index (χ1n) is 14.3. The van der Waals surface area contributed by atoms with E-state index in [1.54, 1.807) is 36.9 Å². The summed E-state index contributed by atoms with van der Waals surface area (Å²) in [5.41, 5.74) is 5.34. The number of aliphatic carboxylic acids is 1. The summed E-state index contributed by atoms with van der Waals surface area (Å²) in [6, 6.07) is 10.6. The van der Waals surface area contributed by atoms with E-state index < -0.39 is 52.5 Å². The molecule has 1 aromatic heterocycles. The summed E-state index contributed by atoms with van der Waals surface area (Å²) >= 11 is 0. The number of hydrogen-bond acceptors (Lipinski definition) is 10. The molecule has 3 aromatic rings. The van der Waals surface area contributed by atoms with Gasteiger partial charge < -0.3 is 35.1 Å². The first kappa shape index (κ1) is 31.4. The predicted octanol–water partition coefficient (Wildman–Crippen LogP) is 4.33. The Hall–Kier alpha value is -4.98. The van der Waals surface area contributed by atoms with Gasteiger partial charge in [0.2, 0.25) is 17.4 Å². The van der Waals surface area contributed by atoms with Crippen molar-refractivity contribution in [2.45, 2.75) is 38.3 Å². The lowest BCUT2D eigenvalue weighted by molar-refractivity contribution is -0.150. The van der Waals surface area contributed by atoms with Crippen LogP contribution in [0.3, 0.4) is 0 Å². The zero-order chi connectivity index (χ0) is 32.5. The number of nitrogens with zero attached hydrogens (tertiary/aromatic N) is 4. The molecule has 2 aromatic carbocycles. The fourth-order valence-corrected chi connectivity index (χ4v) is 5.08. The average molecular weight is 625 g/mol. The number of carboxylic acid groups (broad SMARTS) is 1. The Bertz CT molecular complexity index is 1660. The van der Waals surface area contributed by atoms with Crippen LogP contribution in [0.1, 0.15) is 37.8 Å². The number of piperidine rings is 1. The second kappa shape index (κ2) is 12.6. The first-order valence-corrected chi connectivity index (χ1v) is 14.3. The number of likely N-dealkylation sites (N-methyl/N-ethyl adjacent to an activating group) is 1. The van der Waals surface area contributed by atoms with Crippen molar-refractivity contribution in [3.63, 3.8) is 0 Å². The molecule has 0 radical (unpaired) electrons. The molecular formula is C31H34F2N6O6. The molecule has 1 saturated heterocycles. The van der Waals surface area contributed by atoms with E-state index in [0.717, 1.165) is 17.9 Å². The van der Waals surface area contributed by atoms with E-state index in [-0.39, 0.29) is 22.9 Å². The van der Waals surface area contributed by atoms with Crippen molar-refractivity contribution in [2.75, 3.05) is 33.2 Å². The summed E-state index contributed by atoms with van der Waals surface area (Å²) in [6.45, 7) is 5.21. The summed E-state index contributed by atoms with van der Waals surface area (Å²) in [5.74, 6) is -5.76. The smallest absolute Gasteiger partial charge is 0.323 e. The maximum absolute atomic E-state index is 16.0. The zero-order valence-electron chi connectivity index (χ0n) is 25.0. The third-order valence-electron chi connectivity index (χ3n) is 7.86. The fraction of sp³-hybridized carbons (Fsp3) is 0.355. The van der Waals surface area contributed by atoms with Crippen molar-refractivity contribution in [1.29, 1.82) is 5.41 Å².